The number of hydrogen-bond donors (Lipinski definition) is 1. The lowest BCUT2D eigenvalue weighted by atomic mass is 10.1. The molecule has 5 heteroatoms. The fourth-order valence-corrected chi connectivity index (χ4v) is 2.23. The molecule has 0 saturated carbocycles. The quantitative estimate of drug-likeness (QED) is 0.781. The van der Waals surface area contributed by atoms with Crippen molar-refractivity contribution in [2.24, 2.45) is 0 Å². The molecule has 0 fully saturated rings. The number of amides is 1. The third-order valence-corrected chi connectivity index (χ3v) is 3.53. The number of benzene rings is 2. The summed E-state index contributed by atoms with van der Waals surface area (Å²) in [4.78, 5) is 35.1. The van der Waals surface area contributed by atoms with Gasteiger partial charge in [-0.2, -0.15) is 0 Å². The van der Waals surface area contributed by atoms with Crippen LogP contribution in [0.1, 0.15) is 46.9 Å². The van der Waals surface area contributed by atoms with E-state index in [0.717, 1.165) is 0 Å². The summed E-state index contributed by atoms with van der Waals surface area (Å²) in [6.07, 6.45) is 0.804. The molecular weight excluding hydrogens is 309 g/mol. The second kappa shape index (κ2) is 8.15. The van der Waals surface area contributed by atoms with Gasteiger partial charge in [-0.25, -0.2) is 4.39 Å². The Morgan fingerprint density at radius 2 is 1.67 bits per heavy atom. The van der Waals surface area contributed by atoms with Gasteiger partial charge in [-0.3, -0.25) is 14.4 Å². The molecule has 1 N–H and O–H groups in total. The molecule has 1 amide bonds. The fraction of sp³-hybridized carbons (Fsp3) is 0.211. The minimum Gasteiger partial charge on any atom is -0.326 e. The molecule has 0 bridgehead atoms. The topological polar surface area (TPSA) is 63.2 Å². The van der Waals surface area contributed by atoms with Gasteiger partial charge in [0.05, 0.1) is 0 Å². The standard InChI is InChI=1S/C19H18FNO3/c1-13(22)15-4-2-5-17(12-15)21-19(24)7-3-6-18(23)14-8-10-16(20)11-9-14/h2,4-5,8-12H,3,6-7H2,1H3,(H,21,24). The molecule has 24 heavy (non-hydrogen) atoms. The zero-order valence-electron chi connectivity index (χ0n) is 13.3. The van der Waals surface area contributed by atoms with Gasteiger partial charge in [-0.15, -0.1) is 0 Å². The molecule has 0 radical (unpaired) electrons. The van der Waals surface area contributed by atoms with Crippen molar-refractivity contribution in [1.82, 2.24) is 0 Å². The van der Waals surface area contributed by atoms with E-state index in [4.69, 9.17) is 0 Å². The van der Waals surface area contributed by atoms with Crippen molar-refractivity contribution in [1.29, 1.82) is 0 Å². The van der Waals surface area contributed by atoms with Crippen molar-refractivity contribution in [3.63, 3.8) is 0 Å². The van der Waals surface area contributed by atoms with Crippen molar-refractivity contribution in [2.75, 3.05) is 5.32 Å². The third kappa shape index (κ3) is 5.12. The van der Waals surface area contributed by atoms with Crippen molar-refractivity contribution in [2.45, 2.75) is 26.2 Å². The van der Waals surface area contributed by atoms with Gasteiger partial charge in [-0.1, -0.05) is 12.1 Å². The molecule has 4 nitrogen and oxygen atoms in total. The lowest BCUT2D eigenvalue weighted by molar-refractivity contribution is -0.116. The van der Waals surface area contributed by atoms with Gasteiger partial charge in [0.1, 0.15) is 5.82 Å². The Morgan fingerprint density at radius 3 is 2.33 bits per heavy atom. The van der Waals surface area contributed by atoms with Gasteiger partial charge in [0.15, 0.2) is 11.6 Å². The SMILES string of the molecule is CC(=O)c1cccc(NC(=O)CCCC(=O)c2ccc(F)cc2)c1. The summed E-state index contributed by atoms with van der Waals surface area (Å²) in [6, 6.07) is 12.0. The Labute approximate surface area is 139 Å². The molecule has 0 saturated heterocycles. The van der Waals surface area contributed by atoms with E-state index < -0.39 is 5.82 Å². The first-order valence-electron chi connectivity index (χ1n) is 7.65. The minimum atomic E-state index is -0.390. The van der Waals surface area contributed by atoms with E-state index in [1.165, 1.54) is 31.2 Å². The molecule has 0 spiro atoms. The summed E-state index contributed by atoms with van der Waals surface area (Å²) in [7, 11) is 0. The van der Waals surface area contributed by atoms with Crippen LogP contribution in [0, 0.1) is 5.82 Å². The van der Waals surface area contributed by atoms with E-state index in [1.54, 1.807) is 24.3 Å². The first kappa shape index (κ1) is 17.5. The first-order chi connectivity index (χ1) is 11.5. The van der Waals surface area contributed by atoms with E-state index >= 15 is 0 Å². The van der Waals surface area contributed by atoms with E-state index in [9.17, 15) is 18.8 Å². The van der Waals surface area contributed by atoms with Crippen molar-refractivity contribution in [3.8, 4) is 0 Å². The van der Waals surface area contributed by atoms with Crippen molar-refractivity contribution >= 4 is 23.2 Å². The Balaban J connectivity index is 1.81. The number of carbonyl (C=O) groups is 3. The van der Waals surface area contributed by atoms with Crippen LogP contribution in [-0.2, 0) is 4.79 Å². The van der Waals surface area contributed by atoms with Crippen molar-refractivity contribution < 1.29 is 18.8 Å². The summed E-state index contributed by atoms with van der Waals surface area (Å²) < 4.78 is 12.8. The molecule has 0 aliphatic rings. The molecule has 0 unspecified atom stereocenters. The van der Waals surface area contributed by atoms with Crippen LogP contribution >= 0.6 is 0 Å². The molecule has 0 aliphatic carbocycles. The Kier molecular flexibility index (Phi) is 5.95. The first-order valence-corrected chi connectivity index (χ1v) is 7.65. The largest absolute Gasteiger partial charge is 0.326 e. The maximum absolute atomic E-state index is 12.8. The lowest BCUT2D eigenvalue weighted by Crippen LogP contribution is -2.12. The number of halogens is 1. The molecule has 0 aliphatic heterocycles. The summed E-state index contributed by atoms with van der Waals surface area (Å²) >= 11 is 0. The maximum Gasteiger partial charge on any atom is 0.224 e. The predicted molar refractivity (Wildman–Crippen MR) is 89.7 cm³/mol. The summed E-state index contributed by atoms with van der Waals surface area (Å²) in [6.45, 7) is 1.46. The van der Waals surface area contributed by atoms with Crippen LogP contribution in [0.3, 0.4) is 0 Å². The average molecular weight is 327 g/mol. The fourth-order valence-electron chi connectivity index (χ4n) is 2.23. The molecule has 2 rings (SSSR count). The molecule has 2 aromatic rings. The van der Waals surface area contributed by atoms with Gasteiger partial charge in [-0.05, 0) is 49.7 Å². The van der Waals surface area contributed by atoms with Gasteiger partial charge in [0, 0.05) is 29.7 Å². The normalized spacial score (nSPS) is 10.2. The number of hydrogen-bond acceptors (Lipinski definition) is 3. The van der Waals surface area contributed by atoms with Gasteiger partial charge < -0.3 is 5.32 Å². The van der Waals surface area contributed by atoms with Crippen LogP contribution in [0.4, 0.5) is 10.1 Å². The van der Waals surface area contributed by atoms with Gasteiger partial charge in [0.25, 0.3) is 0 Å². The molecule has 124 valence electrons. The smallest absolute Gasteiger partial charge is 0.224 e. The number of rotatable bonds is 7. The monoisotopic (exact) mass is 327 g/mol. The number of Topliss-reactive ketones (excluding diaryl/α,β-unsaturated/α-hetero) is 2. The predicted octanol–water partition coefficient (Wildman–Crippen LogP) is 4.02. The van der Waals surface area contributed by atoms with Crippen LogP contribution in [0.25, 0.3) is 0 Å². The number of nitrogens with one attached hydrogen (secondary N) is 1. The van der Waals surface area contributed by atoms with E-state index in [2.05, 4.69) is 5.32 Å². The van der Waals surface area contributed by atoms with Crippen molar-refractivity contribution in [3.05, 3.63) is 65.5 Å². The van der Waals surface area contributed by atoms with Crippen LogP contribution in [-0.4, -0.2) is 17.5 Å². The zero-order chi connectivity index (χ0) is 17.5. The second-order valence-corrected chi connectivity index (χ2v) is 5.47. The maximum atomic E-state index is 12.8. The van der Waals surface area contributed by atoms with E-state index in [0.29, 0.717) is 23.2 Å². The second-order valence-electron chi connectivity index (χ2n) is 5.47. The van der Waals surface area contributed by atoms with Crippen LogP contribution in [0.15, 0.2) is 48.5 Å². The minimum absolute atomic E-state index is 0.0732. The summed E-state index contributed by atoms with van der Waals surface area (Å²) in [5.41, 5.74) is 1.52. The molecule has 0 aromatic heterocycles. The highest BCUT2D eigenvalue weighted by Gasteiger charge is 2.09. The molecule has 2 aromatic carbocycles. The molecule has 0 atom stereocenters. The highest BCUT2D eigenvalue weighted by Crippen LogP contribution is 2.13. The van der Waals surface area contributed by atoms with Crippen LogP contribution < -0.4 is 5.32 Å². The molecule has 0 heterocycles. The number of anilines is 1. The Morgan fingerprint density at radius 1 is 0.958 bits per heavy atom. The Hall–Kier alpha value is -2.82. The third-order valence-electron chi connectivity index (χ3n) is 3.53. The van der Waals surface area contributed by atoms with Gasteiger partial charge in [0.2, 0.25) is 5.91 Å². The number of carbonyl (C=O) groups excluding carboxylic acids is 3. The molecular formula is C19H18FNO3. The average Bonchev–Trinajstić information content (AvgIpc) is 2.55. The van der Waals surface area contributed by atoms with Crippen LogP contribution in [0.5, 0.6) is 0 Å². The summed E-state index contributed by atoms with van der Waals surface area (Å²) in [5.74, 6) is -0.807. The lowest BCUT2D eigenvalue weighted by Gasteiger charge is -2.06. The highest BCUT2D eigenvalue weighted by atomic mass is 19.1. The van der Waals surface area contributed by atoms with E-state index in [1.807, 2.05) is 0 Å². The van der Waals surface area contributed by atoms with Gasteiger partial charge >= 0.3 is 0 Å². The highest BCUT2D eigenvalue weighted by molar-refractivity contribution is 5.98. The van der Waals surface area contributed by atoms with Crippen LogP contribution in [0.2, 0.25) is 0 Å². The summed E-state index contributed by atoms with van der Waals surface area (Å²) in [5, 5.41) is 2.71. The van der Waals surface area contributed by atoms with E-state index in [-0.39, 0.29) is 30.3 Å². The number of ketones is 2. The zero-order valence-corrected chi connectivity index (χ0v) is 13.3. The Bertz CT molecular complexity index is 753.